The van der Waals surface area contributed by atoms with Gasteiger partial charge in [0.05, 0.1) is 5.57 Å². The van der Waals surface area contributed by atoms with E-state index in [1.165, 1.54) is 18.3 Å². The number of hydrogen-bond donors (Lipinski definition) is 0. The summed E-state index contributed by atoms with van der Waals surface area (Å²) >= 11 is 0. The molecule has 0 radical (unpaired) electrons. The molecule has 1 aromatic rings. The first kappa shape index (κ1) is 15.3. The molecule has 0 aromatic heterocycles. The molecule has 0 amide bonds. The summed E-state index contributed by atoms with van der Waals surface area (Å²) in [5, 5.41) is 0. The van der Waals surface area contributed by atoms with Crippen LogP contribution in [0.1, 0.15) is 19.4 Å². The summed E-state index contributed by atoms with van der Waals surface area (Å²) in [7, 11) is 0. The number of benzene rings is 1. The molecule has 1 aromatic carbocycles. The number of allylic oxidation sites excluding steroid dienone is 1. The molecule has 1 rings (SSSR count). The second-order valence-electron chi connectivity index (χ2n) is 3.96. The summed E-state index contributed by atoms with van der Waals surface area (Å²) in [5.41, 5.74) is -0.0477. The number of halogens is 3. The van der Waals surface area contributed by atoms with Crippen molar-refractivity contribution in [2.24, 2.45) is 0 Å². The predicted octanol–water partition coefficient (Wildman–Crippen LogP) is 3.50. The maximum absolute atomic E-state index is 12.6. The first-order valence-electron chi connectivity index (χ1n) is 6.03. The van der Waals surface area contributed by atoms with Crippen LogP contribution in [0.3, 0.4) is 0 Å². The van der Waals surface area contributed by atoms with Crippen LogP contribution in [0, 0.1) is 0 Å². The number of ketones is 1. The highest BCUT2D eigenvalue weighted by atomic mass is 19.4. The van der Waals surface area contributed by atoms with E-state index in [1.807, 2.05) is 13.8 Å². The van der Waals surface area contributed by atoms with E-state index in [2.05, 4.69) is 0 Å². The van der Waals surface area contributed by atoms with E-state index in [0.29, 0.717) is 13.1 Å². The van der Waals surface area contributed by atoms with E-state index >= 15 is 0 Å². The van der Waals surface area contributed by atoms with Gasteiger partial charge in [-0.15, -0.1) is 0 Å². The lowest BCUT2D eigenvalue weighted by Gasteiger charge is -2.18. The van der Waals surface area contributed by atoms with Crippen molar-refractivity contribution in [3.63, 3.8) is 0 Å². The van der Waals surface area contributed by atoms with E-state index in [-0.39, 0.29) is 11.1 Å². The van der Waals surface area contributed by atoms with Gasteiger partial charge < -0.3 is 4.90 Å². The highest BCUT2D eigenvalue weighted by Crippen LogP contribution is 2.27. The highest BCUT2D eigenvalue weighted by Gasteiger charge is 2.41. The zero-order valence-electron chi connectivity index (χ0n) is 10.9. The van der Waals surface area contributed by atoms with Crippen molar-refractivity contribution in [3.05, 3.63) is 42.1 Å². The molecule has 0 aliphatic heterocycles. The Hall–Kier alpha value is -1.78. The number of Topliss-reactive ketones (excluding diaryl/α,β-unsaturated/α-hetero) is 1. The summed E-state index contributed by atoms with van der Waals surface area (Å²) < 4.78 is 37.9. The Morgan fingerprint density at radius 2 is 1.68 bits per heavy atom. The third-order valence-electron chi connectivity index (χ3n) is 2.71. The third kappa shape index (κ3) is 4.12. The normalized spacial score (nSPS) is 12.4. The van der Waals surface area contributed by atoms with Crippen LogP contribution in [0.2, 0.25) is 0 Å². The van der Waals surface area contributed by atoms with E-state index in [0.717, 1.165) is 0 Å². The number of hydrogen-bond acceptors (Lipinski definition) is 2. The van der Waals surface area contributed by atoms with Crippen LogP contribution in [0.5, 0.6) is 0 Å². The van der Waals surface area contributed by atoms with Gasteiger partial charge in [-0.3, -0.25) is 4.79 Å². The van der Waals surface area contributed by atoms with E-state index in [9.17, 15) is 18.0 Å². The first-order chi connectivity index (χ1) is 8.90. The Morgan fingerprint density at radius 1 is 1.16 bits per heavy atom. The van der Waals surface area contributed by atoms with Crippen LogP contribution >= 0.6 is 0 Å². The van der Waals surface area contributed by atoms with E-state index < -0.39 is 12.0 Å². The number of rotatable bonds is 5. The minimum absolute atomic E-state index is 0.275. The quantitative estimate of drug-likeness (QED) is 0.764. The van der Waals surface area contributed by atoms with Crippen molar-refractivity contribution in [3.8, 4) is 0 Å². The van der Waals surface area contributed by atoms with Crippen LogP contribution in [0.4, 0.5) is 13.2 Å². The Balaban J connectivity index is 3.23. The molecule has 0 heterocycles. The van der Waals surface area contributed by atoms with Gasteiger partial charge in [-0.05, 0) is 19.4 Å². The summed E-state index contributed by atoms with van der Waals surface area (Å²) in [4.78, 5) is 13.2. The predicted molar refractivity (Wildman–Crippen MR) is 68.4 cm³/mol. The molecule has 0 unspecified atom stereocenters. The zero-order chi connectivity index (χ0) is 14.5. The summed E-state index contributed by atoms with van der Waals surface area (Å²) in [5.74, 6) is -1.81. The van der Waals surface area contributed by atoms with Crippen LogP contribution in [-0.2, 0) is 4.79 Å². The average Bonchev–Trinajstić information content (AvgIpc) is 2.39. The average molecular weight is 271 g/mol. The Kier molecular flexibility index (Phi) is 5.15. The topological polar surface area (TPSA) is 20.3 Å². The fourth-order valence-electron chi connectivity index (χ4n) is 1.62. The lowest BCUT2D eigenvalue weighted by Crippen LogP contribution is -2.26. The highest BCUT2D eigenvalue weighted by molar-refractivity contribution is 6.23. The monoisotopic (exact) mass is 271 g/mol. The molecule has 104 valence electrons. The molecule has 0 aliphatic carbocycles. The van der Waals surface area contributed by atoms with Gasteiger partial charge in [0.2, 0.25) is 0 Å². The minimum Gasteiger partial charge on any atom is -0.377 e. The molecule has 19 heavy (non-hydrogen) atoms. The van der Waals surface area contributed by atoms with Crippen molar-refractivity contribution in [2.75, 3.05) is 13.1 Å². The summed E-state index contributed by atoms with van der Waals surface area (Å²) in [6.07, 6.45) is -3.58. The summed E-state index contributed by atoms with van der Waals surface area (Å²) in [6, 6.07) is 7.90. The van der Waals surface area contributed by atoms with E-state index in [1.54, 1.807) is 23.1 Å². The Labute approximate surface area is 110 Å². The largest absolute Gasteiger partial charge is 0.454 e. The molecule has 0 atom stereocenters. The zero-order valence-corrected chi connectivity index (χ0v) is 10.9. The maximum atomic E-state index is 12.6. The molecule has 0 saturated heterocycles. The SMILES string of the molecule is CCN(C=C(C(=O)C(F)(F)F)c1ccccc1)CC. The van der Waals surface area contributed by atoms with Crippen LogP contribution in [0.15, 0.2) is 36.5 Å². The first-order valence-corrected chi connectivity index (χ1v) is 6.03. The second kappa shape index (κ2) is 6.41. The number of carbonyl (C=O) groups excluding carboxylic acids is 1. The van der Waals surface area contributed by atoms with Gasteiger partial charge in [0.25, 0.3) is 5.78 Å². The second-order valence-corrected chi connectivity index (χ2v) is 3.96. The van der Waals surface area contributed by atoms with Gasteiger partial charge in [-0.25, -0.2) is 0 Å². The fraction of sp³-hybridized carbons (Fsp3) is 0.357. The lowest BCUT2D eigenvalue weighted by atomic mass is 10.0. The minimum atomic E-state index is -4.87. The molecule has 5 heteroatoms. The fourth-order valence-corrected chi connectivity index (χ4v) is 1.62. The van der Waals surface area contributed by atoms with Gasteiger partial charge in [-0.1, -0.05) is 30.3 Å². The van der Waals surface area contributed by atoms with E-state index in [4.69, 9.17) is 0 Å². The van der Waals surface area contributed by atoms with Gasteiger partial charge >= 0.3 is 6.18 Å². The smallest absolute Gasteiger partial charge is 0.377 e. The van der Waals surface area contributed by atoms with Crippen molar-refractivity contribution in [1.82, 2.24) is 4.90 Å². The summed E-state index contributed by atoms with van der Waals surface area (Å²) in [6.45, 7) is 4.72. The van der Waals surface area contributed by atoms with Crippen molar-refractivity contribution < 1.29 is 18.0 Å². The Morgan fingerprint density at radius 3 is 2.11 bits per heavy atom. The molecule has 0 N–H and O–H groups in total. The lowest BCUT2D eigenvalue weighted by molar-refractivity contribution is -0.164. The molecular weight excluding hydrogens is 255 g/mol. The Bertz CT molecular complexity index is 448. The number of nitrogens with zero attached hydrogens (tertiary/aromatic N) is 1. The van der Waals surface area contributed by atoms with Crippen molar-refractivity contribution >= 4 is 11.4 Å². The molecule has 0 fully saturated rings. The van der Waals surface area contributed by atoms with Gasteiger partial charge in [0.1, 0.15) is 0 Å². The van der Waals surface area contributed by atoms with Crippen molar-refractivity contribution in [1.29, 1.82) is 0 Å². The van der Waals surface area contributed by atoms with Crippen LogP contribution in [-0.4, -0.2) is 29.9 Å². The number of carbonyl (C=O) groups is 1. The molecule has 0 aliphatic rings. The van der Waals surface area contributed by atoms with Gasteiger partial charge in [0, 0.05) is 19.3 Å². The van der Waals surface area contributed by atoms with Gasteiger partial charge in [0.15, 0.2) is 0 Å². The van der Waals surface area contributed by atoms with Crippen LogP contribution in [0.25, 0.3) is 5.57 Å². The molecule has 0 spiro atoms. The standard InChI is InChI=1S/C14H16F3NO/c1-3-18(4-2)10-12(13(19)14(15,16)17)11-8-6-5-7-9-11/h5-10H,3-4H2,1-2H3. The molecule has 2 nitrogen and oxygen atoms in total. The molecule has 0 saturated carbocycles. The molecule has 0 bridgehead atoms. The third-order valence-corrected chi connectivity index (χ3v) is 2.71. The maximum Gasteiger partial charge on any atom is 0.454 e. The van der Waals surface area contributed by atoms with Crippen LogP contribution < -0.4 is 0 Å². The van der Waals surface area contributed by atoms with Crippen molar-refractivity contribution in [2.45, 2.75) is 20.0 Å². The van der Waals surface area contributed by atoms with Gasteiger partial charge in [-0.2, -0.15) is 13.2 Å². The number of alkyl halides is 3. The molecular formula is C14H16F3NO.